The predicted molar refractivity (Wildman–Crippen MR) is 134 cm³/mol. The van der Waals surface area contributed by atoms with Gasteiger partial charge in [-0.2, -0.15) is 0 Å². The lowest BCUT2D eigenvalue weighted by Crippen LogP contribution is -2.30. The number of aryl methyl sites for hydroxylation is 2. The van der Waals surface area contributed by atoms with Crippen molar-refractivity contribution in [1.29, 1.82) is 0 Å². The van der Waals surface area contributed by atoms with E-state index in [9.17, 15) is 23.2 Å². The van der Waals surface area contributed by atoms with Crippen LogP contribution in [0.1, 0.15) is 29.8 Å². The van der Waals surface area contributed by atoms with Crippen LogP contribution in [0, 0.1) is 25.7 Å². The summed E-state index contributed by atoms with van der Waals surface area (Å²) in [5, 5.41) is 6.60. The molecule has 0 saturated heterocycles. The van der Waals surface area contributed by atoms with Crippen molar-refractivity contribution in [3.63, 3.8) is 0 Å². The monoisotopic (exact) mass is 527 g/mol. The number of nitrogens with zero attached hydrogens (tertiary/aromatic N) is 2. The number of methoxy groups -OCH3 is 1. The van der Waals surface area contributed by atoms with Crippen molar-refractivity contribution in [1.82, 2.24) is 5.16 Å². The van der Waals surface area contributed by atoms with Crippen molar-refractivity contribution in [3.8, 4) is 11.3 Å². The molecule has 1 heterocycles. The zero-order valence-electron chi connectivity index (χ0n) is 21.5. The molecule has 11 heteroatoms. The summed E-state index contributed by atoms with van der Waals surface area (Å²) in [4.78, 5) is 37.9. The van der Waals surface area contributed by atoms with Crippen molar-refractivity contribution in [2.45, 2.75) is 32.8 Å². The van der Waals surface area contributed by atoms with Crippen LogP contribution < -0.4 is 10.2 Å². The van der Waals surface area contributed by atoms with Gasteiger partial charge in [-0.05, 0) is 56.2 Å². The van der Waals surface area contributed by atoms with Crippen molar-refractivity contribution in [2.75, 3.05) is 24.4 Å². The maximum absolute atomic E-state index is 14.0. The first-order chi connectivity index (χ1) is 18.0. The lowest BCUT2D eigenvalue weighted by Gasteiger charge is -2.18. The Balaban J connectivity index is 1.46. The normalized spacial score (nSPS) is 18.3. The van der Waals surface area contributed by atoms with Gasteiger partial charge in [-0.25, -0.2) is 13.6 Å². The number of nitrogens with one attached hydrogen (secondary N) is 1. The van der Waals surface area contributed by atoms with Crippen molar-refractivity contribution in [2.24, 2.45) is 11.8 Å². The highest BCUT2D eigenvalue weighted by molar-refractivity contribution is 6.02. The first-order valence-corrected chi connectivity index (χ1v) is 11.8. The van der Waals surface area contributed by atoms with Gasteiger partial charge in [0.15, 0.2) is 5.76 Å². The van der Waals surface area contributed by atoms with Crippen LogP contribution in [0.25, 0.3) is 11.3 Å². The average molecular weight is 528 g/mol. The van der Waals surface area contributed by atoms with Crippen molar-refractivity contribution >= 4 is 29.3 Å². The Hall–Kier alpha value is -4.28. The Bertz CT molecular complexity index is 1370. The lowest BCUT2D eigenvalue weighted by atomic mass is 10.1. The summed E-state index contributed by atoms with van der Waals surface area (Å²) in [7, 11) is 2.34. The molecule has 200 valence electrons. The van der Waals surface area contributed by atoms with E-state index in [4.69, 9.17) is 9.26 Å². The smallest absolute Gasteiger partial charge is 0.412 e. The van der Waals surface area contributed by atoms with Crippen molar-refractivity contribution < 1.29 is 37.2 Å². The highest BCUT2D eigenvalue weighted by atomic mass is 19.3. The number of aromatic nitrogens is 1. The molecular weight excluding hydrogens is 500 g/mol. The fraction of sp³-hybridized carbons (Fsp3) is 0.333. The first kappa shape index (κ1) is 26.8. The molecule has 3 aromatic rings. The van der Waals surface area contributed by atoms with E-state index >= 15 is 0 Å². The number of carbonyl (C=O) groups excluding carboxylic acids is 3. The molecule has 4 rings (SSSR count). The summed E-state index contributed by atoms with van der Waals surface area (Å²) in [6.45, 7) is 5.35. The molecular formula is C27H27F2N3O6. The lowest BCUT2D eigenvalue weighted by molar-refractivity contribution is -0.145. The molecule has 0 aliphatic heterocycles. The molecule has 3 unspecified atom stereocenters. The minimum atomic E-state index is -3.46. The zero-order chi connectivity index (χ0) is 27.8. The van der Waals surface area contributed by atoms with E-state index in [1.54, 1.807) is 26.0 Å². The summed E-state index contributed by atoms with van der Waals surface area (Å²) in [5.74, 6) is -8.79. The summed E-state index contributed by atoms with van der Waals surface area (Å²) < 4.78 is 43.4. The number of ether oxygens (including phenoxy) is 2. The maximum atomic E-state index is 14.0. The molecule has 1 fully saturated rings. The number of alkyl halides is 2. The van der Waals surface area contributed by atoms with Crippen LogP contribution in [0.15, 0.2) is 53.1 Å². The van der Waals surface area contributed by atoms with Gasteiger partial charge in [0.25, 0.3) is 5.92 Å². The van der Waals surface area contributed by atoms with Gasteiger partial charge in [-0.1, -0.05) is 29.4 Å². The highest BCUT2D eigenvalue weighted by Gasteiger charge is 2.76. The number of carbonyl (C=O) groups is 3. The second kappa shape index (κ2) is 10.2. The fourth-order valence-corrected chi connectivity index (χ4v) is 4.34. The van der Waals surface area contributed by atoms with Crippen LogP contribution in [0.2, 0.25) is 0 Å². The highest BCUT2D eigenvalue weighted by Crippen LogP contribution is 2.56. The Morgan fingerprint density at radius 3 is 2.37 bits per heavy atom. The van der Waals surface area contributed by atoms with Crippen LogP contribution in [-0.2, 0) is 19.1 Å². The van der Waals surface area contributed by atoms with Gasteiger partial charge >= 0.3 is 12.1 Å². The van der Waals surface area contributed by atoms with E-state index in [0.29, 0.717) is 22.6 Å². The Morgan fingerprint density at radius 1 is 1.08 bits per heavy atom. The molecule has 1 aromatic heterocycles. The average Bonchev–Trinajstić information content (AvgIpc) is 3.30. The largest absolute Gasteiger partial charge is 0.469 e. The van der Waals surface area contributed by atoms with E-state index in [1.807, 2.05) is 31.2 Å². The molecule has 0 spiro atoms. The molecule has 2 aromatic carbocycles. The third-order valence-corrected chi connectivity index (χ3v) is 6.62. The quantitative estimate of drug-likeness (QED) is 0.416. The first-order valence-electron chi connectivity index (χ1n) is 11.8. The molecule has 1 aliphatic carbocycles. The van der Waals surface area contributed by atoms with Crippen molar-refractivity contribution in [3.05, 3.63) is 65.4 Å². The second-order valence-corrected chi connectivity index (χ2v) is 9.10. The third-order valence-electron chi connectivity index (χ3n) is 6.62. The van der Waals surface area contributed by atoms with E-state index in [1.165, 1.54) is 19.2 Å². The topological polar surface area (TPSA) is 111 Å². The Kier molecular flexibility index (Phi) is 7.21. The minimum absolute atomic E-state index is 0.253. The Morgan fingerprint density at radius 2 is 1.74 bits per heavy atom. The number of rotatable bonds is 7. The molecule has 1 N–H and O–H groups in total. The van der Waals surface area contributed by atoms with E-state index in [0.717, 1.165) is 23.1 Å². The van der Waals surface area contributed by atoms with Gasteiger partial charge in [0, 0.05) is 18.3 Å². The Labute approximate surface area is 217 Å². The molecule has 9 nitrogen and oxygen atoms in total. The number of esters is 1. The zero-order valence-corrected chi connectivity index (χ0v) is 21.5. The van der Waals surface area contributed by atoms with Gasteiger partial charge < -0.3 is 18.9 Å². The van der Waals surface area contributed by atoms with Crippen LogP contribution in [0.4, 0.5) is 25.0 Å². The van der Waals surface area contributed by atoms with Crippen LogP contribution >= 0.6 is 0 Å². The fourth-order valence-electron chi connectivity index (χ4n) is 4.34. The summed E-state index contributed by atoms with van der Waals surface area (Å²) in [6.07, 6.45) is -1.19. The molecule has 3 atom stereocenters. The number of amides is 2. The summed E-state index contributed by atoms with van der Waals surface area (Å²) >= 11 is 0. The van der Waals surface area contributed by atoms with Gasteiger partial charge in [-0.15, -0.1) is 0 Å². The summed E-state index contributed by atoms with van der Waals surface area (Å²) in [6, 6.07) is 13.8. The van der Waals surface area contributed by atoms with E-state index in [-0.39, 0.29) is 5.76 Å². The van der Waals surface area contributed by atoms with Gasteiger partial charge in [0.2, 0.25) is 5.91 Å². The van der Waals surface area contributed by atoms with Crippen LogP contribution in [0.3, 0.4) is 0 Å². The van der Waals surface area contributed by atoms with E-state index < -0.39 is 41.8 Å². The molecule has 1 aliphatic rings. The molecule has 1 saturated carbocycles. The van der Waals surface area contributed by atoms with Gasteiger partial charge in [-0.3, -0.25) is 14.9 Å². The molecule has 0 bridgehead atoms. The number of hydrogen-bond donors (Lipinski definition) is 1. The number of hydrogen-bond acceptors (Lipinski definition) is 7. The van der Waals surface area contributed by atoms with Gasteiger partial charge in [0.05, 0.1) is 7.11 Å². The minimum Gasteiger partial charge on any atom is -0.469 e. The standard InChI is InChI=1S/C27H27F2N3O6/c1-14-8-6-7-9-19(14)16(3)37-26(35)30-22-15(2)31-38-23(22)17-10-12-18(13-11-17)32(4)24(33)20-21(25(34)36-5)27(20,28)29/h6-13,16,20-21H,1-5H3,(H,30,35). The van der Waals surface area contributed by atoms with Crippen LogP contribution in [0.5, 0.6) is 0 Å². The molecule has 2 amide bonds. The second-order valence-electron chi connectivity index (χ2n) is 9.10. The number of benzene rings is 2. The maximum Gasteiger partial charge on any atom is 0.412 e. The van der Waals surface area contributed by atoms with Crippen LogP contribution in [-0.4, -0.2) is 43.2 Å². The predicted octanol–water partition coefficient (Wildman–Crippen LogP) is 5.29. The third kappa shape index (κ3) is 4.96. The number of halogens is 2. The molecule has 0 radical (unpaired) electrons. The molecule has 38 heavy (non-hydrogen) atoms. The van der Waals surface area contributed by atoms with Gasteiger partial charge in [0.1, 0.15) is 29.3 Å². The van der Waals surface area contributed by atoms with E-state index in [2.05, 4.69) is 15.2 Å². The number of anilines is 2. The SMILES string of the molecule is COC(=O)C1C(C(=O)N(C)c2ccc(-c3onc(C)c3NC(=O)OC(C)c3ccccc3C)cc2)C1(F)F. The summed E-state index contributed by atoms with van der Waals surface area (Å²) in [5.41, 5.74) is 3.43.